The van der Waals surface area contributed by atoms with Crippen molar-refractivity contribution in [2.45, 2.75) is 4.90 Å². The van der Waals surface area contributed by atoms with Crippen LogP contribution in [0.15, 0.2) is 41.3 Å². The first kappa shape index (κ1) is 20.7. The van der Waals surface area contributed by atoms with Crippen LogP contribution in [0.4, 0.5) is 5.69 Å². The molecule has 10 heteroatoms. The van der Waals surface area contributed by atoms with Gasteiger partial charge in [-0.2, -0.15) is 0 Å². The second kappa shape index (κ2) is 8.57. The Morgan fingerprint density at radius 1 is 1.14 bits per heavy atom. The number of hydrogen-bond donors (Lipinski definition) is 1. The van der Waals surface area contributed by atoms with E-state index in [0.29, 0.717) is 26.3 Å². The molecule has 0 aliphatic carbocycles. The molecule has 0 atom stereocenters. The highest BCUT2D eigenvalue weighted by atomic mass is 35.5. The van der Waals surface area contributed by atoms with Gasteiger partial charge in [0.2, 0.25) is 0 Å². The number of carbonyl (C=O) groups is 1. The number of halogens is 2. The molecule has 2 aromatic rings. The highest BCUT2D eigenvalue weighted by molar-refractivity contribution is 7.92. The Morgan fingerprint density at radius 3 is 2.39 bits per heavy atom. The Bertz CT molecular complexity index is 971. The summed E-state index contributed by atoms with van der Waals surface area (Å²) in [7, 11) is -2.62. The number of amides is 1. The van der Waals surface area contributed by atoms with Crippen LogP contribution in [0.5, 0.6) is 5.75 Å². The summed E-state index contributed by atoms with van der Waals surface area (Å²) in [5.41, 5.74) is 0.222. The lowest BCUT2D eigenvalue weighted by atomic mass is 10.1. The van der Waals surface area contributed by atoms with Gasteiger partial charge in [0, 0.05) is 13.1 Å². The molecular formula is C18H18Cl2N2O5S. The first-order valence-electron chi connectivity index (χ1n) is 8.35. The lowest BCUT2D eigenvalue weighted by Crippen LogP contribution is -2.40. The van der Waals surface area contributed by atoms with Crippen LogP contribution in [-0.2, 0) is 14.8 Å². The summed E-state index contributed by atoms with van der Waals surface area (Å²) < 4.78 is 38.6. The zero-order valence-corrected chi connectivity index (χ0v) is 17.3. The molecular weight excluding hydrogens is 427 g/mol. The number of methoxy groups -OCH3 is 1. The molecule has 0 bridgehead atoms. The average Bonchev–Trinajstić information content (AvgIpc) is 2.70. The van der Waals surface area contributed by atoms with Gasteiger partial charge in [0.1, 0.15) is 5.75 Å². The SMILES string of the molecule is COc1ccc(S(=O)(=O)Nc2c(Cl)cccc2Cl)cc1C(=O)N1CCOCC1. The molecule has 7 nitrogen and oxygen atoms in total. The van der Waals surface area contributed by atoms with E-state index in [1.54, 1.807) is 11.0 Å². The molecule has 28 heavy (non-hydrogen) atoms. The van der Waals surface area contributed by atoms with Gasteiger partial charge < -0.3 is 14.4 Å². The zero-order chi connectivity index (χ0) is 20.3. The molecule has 1 fully saturated rings. The first-order chi connectivity index (χ1) is 13.3. The van der Waals surface area contributed by atoms with Gasteiger partial charge in [-0.25, -0.2) is 8.42 Å². The van der Waals surface area contributed by atoms with Gasteiger partial charge in [-0.1, -0.05) is 29.3 Å². The molecule has 1 amide bonds. The van der Waals surface area contributed by atoms with E-state index >= 15 is 0 Å². The number of carbonyl (C=O) groups excluding carboxylic acids is 1. The summed E-state index contributed by atoms with van der Waals surface area (Å²) >= 11 is 12.1. The number of sulfonamides is 1. The van der Waals surface area contributed by atoms with Crippen LogP contribution >= 0.6 is 23.2 Å². The lowest BCUT2D eigenvalue weighted by molar-refractivity contribution is 0.0300. The Balaban J connectivity index is 1.96. The van der Waals surface area contributed by atoms with Gasteiger partial charge in [-0.05, 0) is 30.3 Å². The summed E-state index contributed by atoms with van der Waals surface area (Å²) in [6, 6.07) is 8.72. The fourth-order valence-corrected chi connectivity index (χ4v) is 4.48. The van der Waals surface area contributed by atoms with E-state index in [-0.39, 0.29) is 37.8 Å². The Morgan fingerprint density at radius 2 is 1.79 bits per heavy atom. The predicted molar refractivity (Wildman–Crippen MR) is 107 cm³/mol. The average molecular weight is 445 g/mol. The van der Waals surface area contributed by atoms with Crippen LogP contribution in [0, 0.1) is 0 Å². The normalized spacial score (nSPS) is 14.6. The van der Waals surface area contributed by atoms with Crippen molar-refractivity contribution in [3.8, 4) is 5.75 Å². The van der Waals surface area contributed by atoms with Gasteiger partial charge in [-0.3, -0.25) is 9.52 Å². The third-order valence-electron chi connectivity index (χ3n) is 4.21. The molecule has 1 aliphatic rings. The van der Waals surface area contributed by atoms with Crippen molar-refractivity contribution in [1.29, 1.82) is 0 Å². The van der Waals surface area contributed by atoms with E-state index in [1.807, 2.05) is 0 Å². The maximum Gasteiger partial charge on any atom is 0.262 e. The minimum Gasteiger partial charge on any atom is -0.496 e. The maximum absolute atomic E-state index is 12.9. The van der Waals surface area contributed by atoms with Crippen LogP contribution in [0.1, 0.15) is 10.4 Å². The maximum atomic E-state index is 12.9. The smallest absolute Gasteiger partial charge is 0.262 e. The third kappa shape index (κ3) is 4.35. The van der Waals surface area contributed by atoms with Crippen molar-refractivity contribution in [2.24, 2.45) is 0 Å². The number of para-hydroxylation sites is 1. The number of nitrogens with one attached hydrogen (secondary N) is 1. The molecule has 0 aromatic heterocycles. The second-order valence-electron chi connectivity index (χ2n) is 5.97. The van der Waals surface area contributed by atoms with Crippen molar-refractivity contribution in [2.75, 3.05) is 38.1 Å². The van der Waals surface area contributed by atoms with Crippen molar-refractivity contribution in [3.63, 3.8) is 0 Å². The summed E-state index contributed by atoms with van der Waals surface area (Å²) in [4.78, 5) is 14.3. The van der Waals surface area contributed by atoms with Crippen LogP contribution in [0.2, 0.25) is 10.0 Å². The Hall–Kier alpha value is -2.00. The van der Waals surface area contributed by atoms with E-state index in [0.717, 1.165) is 0 Å². The monoisotopic (exact) mass is 444 g/mol. The number of anilines is 1. The summed E-state index contributed by atoms with van der Waals surface area (Å²) in [6.45, 7) is 1.70. The van der Waals surface area contributed by atoms with Crippen LogP contribution < -0.4 is 9.46 Å². The molecule has 3 rings (SSSR count). The van der Waals surface area contributed by atoms with Gasteiger partial charge >= 0.3 is 0 Å². The quantitative estimate of drug-likeness (QED) is 0.764. The number of hydrogen-bond acceptors (Lipinski definition) is 5. The standard InChI is InChI=1S/C18H18Cl2N2O5S/c1-26-16-6-5-12(11-13(16)18(23)22-7-9-27-10-8-22)28(24,25)21-17-14(19)3-2-4-15(17)20/h2-6,11,21H,7-10H2,1H3. The number of nitrogens with zero attached hydrogens (tertiary/aromatic N) is 1. The minimum absolute atomic E-state index is 0.0720. The van der Waals surface area contributed by atoms with Gasteiger partial charge in [-0.15, -0.1) is 0 Å². The molecule has 0 spiro atoms. The fourth-order valence-electron chi connectivity index (χ4n) is 2.75. The van der Waals surface area contributed by atoms with E-state index in [2.05, 4.69) is 4.72 Å². The number of morpholine rings is 1. The Labute approximate surface area is 173 Å². The van der Waals surface area contributed by atoms with E-state index in [9.17, 15) is 13.2 Å². The van der Waals surface area contributed by atoms with Crippen molar-refractivity contribution in [1.82, 2.24) is 4.90 Å². The number of ether oxygens (including phenoxy) is 2. The number of benzene rings is 2. The topological polar surface area (TPSA) is 84.9 Å². The minimum atomic E-state index is -4.04. The Kier molecular flexibility index (Phi) is 6.34. The van der Waals surface area contributed by atoms with Crippen LogP contribution in [-0.4, -0.2) is 52.6 Å². The number of rotatable bonds is 5. The molecule has 2 aromatic carbocycles. The largest absolute Gasteiger partial charge is 0.496 e. The zero-order valence-electron chi connectivity index (χ0n) is 14.9. The highest BCUT2D eigenvalue weighted by Crippen LogP contribution is 2.32. The van der Waals surface area contributed by atoms with Crippen LogP contribution in [0.3, 0.4) is 0 Å². The molecule has 1 heterocycles. The van der Waals surface area contributed by atoms with Crippen molar-refractivity contribution >= 4 is 44.8 Å². The molecule has 1 aliphatic heterocycles. The third-order valence-corrected chi connectivity index (χ3v) is 6.19. The highest BCUT2D eigenvalue weighted by Gasteiger charge is 2.25. The summed E-state index contributed by atoms with van der Waals surface area (Å²) in [6.07, 6.45) is 0. The van der Waals surface area contributed by atoms with Gasteiger partial charge in [0.25, 0.3) is 15.9 Å². The van der Waals surface area contributed by atoms with E-state index < -0.39 is 10.0 Å². The molecule has 150 valence electrons. The second-order valence-corrected chi connectivity index (χ2v) is 8.47. The molecule has 0 unspecified atom stereocenters. The predicted octanol–water partition coefficient (Wildman–Crippen LogP) is 3.28. The van der Waals surface area contributed by atoms with Gasteiger partial charge in [0.05, 0.1) is 46.5 Å². The molecule has 1 N–H and O–H groups in total. The van der Waals surface area contributed by atoms with Crippen molar-refractivity contribution in [3.05, 3.63) is 52.0 Å². The summed E-state index contributed by atoms with van der Waals surface area (Å²) in [5, 5.41) is 0.323. The molecule has 0 saturated carbocycles. The molecule has 1 saturated heterocycles. The van der Waals surface area contributed by atoms with E-state index in [4.69, 9.17) is 32.7 Å². The molecule has 0 radical (unpaired) electrons. The van der Waals surface area contributed by atoms with Crippen LogP contribution in [0.25, 0.3) is 0 Å². The van der Waals surface area contributed by atoms with Gasteiger partial charge in [0.15, 0.2) is 0 Å². The summed E-state index contributed by atoms with van der Waals surface area (Å²) in [5.74, 6) is -0.0424. The lowest BCUT2D eigenvalue weighted by Gasteiger charge is -2.27. The van der Waals surface area contributed by atoms with Crippen molar-refractivity contribution < 1.29 is 22.7 Å². The first-order valence-corrected chi connectivity index (χ1v) is 10.6. The fraction of sp³-hybridized carbons (Fsp3) is 0.278. The van der Waals surface area contributed by atoms with E-state index in [1.165, 1.54) is 37.4 Å².